The highest BCUT2D eigenvalue weighted by Gasteiger charge is 2.42. The molecule has 2 aromatic heterocycles. The molecule has 2 unspecified atom stereocenters. The fraction of sp³-hybridized carbons (Fsp3) is 0.500. The molecule has 1 aliphatic carbocycles. The summed E-state index contributed by atoms with van der Waals surface area (Å²) in [6.45, 7) is 0.693. The van der Waals surface area contributed by atoms with Crippen LogP contribution in [0.15, 0.2) is 40.9 Å². The van der Waals surface area contributed by atoms with Gasteiger partial charge in [0, 0.05) is 40.0 Å². The molecule has 4 rings (SSSR count). The minimum atomic E-state index is -1.24. The SMILES string of the molecule is COc1cc(C(O)(CCN(C)C)C(CCC2CC2)c2cc3cc(Br)ccc3nc2OC)cc(OC)n1. The van der Waals surface area contributed by atoms with Crippen molar-refractivity contribution in [3.63, 3.8) is 0 Å². The van der Waals surface area contributed by atoms with Crippen LogP contribution in [0.25, 0.3) is 10.9 Å². The summed E-state index contributed by atoms with van der Waals surface area (Å²) < 4.78 is 17.8. The molecule has 0 radical (unpaired) electrons. The van der Waals surface area contributed by atoms with E-state index in [1.807, 2.05) is 38.4 Å². The average molecular weight is 559 g/mol. The number of hydrogen-bond acceptors (Lipinski definition) is 7. The van der Waals surface area contributed by atoms with E-state index < -0.39 is 5.60 Å². The maximum absolute atomic E-state index is 12.7. The van der Waals surface area contributed by atoms with Crippen molar-refractivity contribution in [3.05, 3.63) is 52.0 Å². The van der Waals surface area contributed by atoms with Crippen LogP contribution in [0, 0.1) is 5.92 Å². The van der Waals surface area contributed by atoms with Crippen LogP contribution in [-0.2, 0) is 5.60 Å². The highest BCUT2D eigenvalue weighted by molar-refractivity contribution is 9.10. The lowest BCUT2D eigenvalue weighted by atomic mass is 9.72. The first-order valence-electron chi connectivity index (χ1n) is 12.4. The maximum atomic E-state index is 12.7. The summed E-state index contributed by atoms with van der Waals surface area (Å²) in [5.41, 5.74) is 1.23. The number of benzene rings is 1. The van der Waals surface area contributed by atoms with Crippen LogP contribution in [0.3, 0.4) is 0 Å². The zero-order chi connectivity index (χ0) is 25.9. The quantitative estimate of drug-likeness (QED) is 0.313. The molecule has 1 saturated carbocycles. The van der Waals surface area contributed by atoms with Crippen molar-refractivity contribution in [2.24, 2.45) is 5.92 Å². The maximum Gasteiger partial charge on any atom is 0.217 e. The van der Waals surface area contributed by atoms with Gasteiger partial charge in [-0.05, 0) is 69.1 Å². The Morgan fingerprint density at radius 1 is 1.03 bits per heavy atom. The molecule has 1 aromatic carbocycles. The van der Waals surface area contributed by atoms with Crippen LogP contribution in [0.1, 0.15) is 49.1 Å². The molecule has 7 nitrogen and oxygen atoms in total. The molecule has 0 aliphatic heterocycles. The lowest BCUT2D eigenvalue weighted by molar-refractivity contribution is -0.0119. The van der Waals surface area contributed by atoms with Gasteiger partial charge < -0.3 is 24.2 Å². The molecule has 1 fully saturated rings. The van der Waals surface area contributed by atoms with E-state index in [0.29, 0.717) is 42.1 Å². The Bertz CT molecular complexity index is 1180. The second-order valence-corrected chi connectivity index (χ2v) is 10.8. The van der Waals surface area contributed by atoms with Gasteiger partial charge in [-0.15, -0.1) is 0 Å². The summed E-state index contributed by atoms with van der Waals surface area (Å²) in [5.74, 6) is 1.80. The van der Waals surface area contributed by atoms with Gasteiger partial charge in [0.2, 0.25) is 17.6 Å². The van der Waals surface area contributed by atoms with Gasteiger partial charge in [0.05, 0.1) is 32.4 Å². The molecule has 2 heterocycles. The molecule has 36 heavy (non-hydrogen) atoms. The number of aliphatic hydroxyl groups is 1. The Morgan fingerprint density at radius 2 is 1.72 bits per heavy atom. The first-order valence-corrected chi connectivity index (χ1v) is 13.2. The van der Waals surface area contributed by atoms with Crippen molar-refractivity contribution in [3.8, 4) is 17.6 Å². The highest BCUT2D eigenvalue weighted by atomic mass is 79.9. The van der Waals surface area contributed by atoms with Gasteiger partial charge >= 0.3 is 0 Å². The van der Waals surface area contributed by atoms with E-state index in [9.17, 15) is 5.11 Å². The van der Waals surface area contributed by atoms with E-state index in [1.165, 1.54) is 12.8 Å². The van der Waals surface area contributed by atoms with Crippen molar-refractivity contribution < 1.29 is 19.3 Å². The Hall–Kier alpha value is -2.42. The van der Waals surface area contributed by atoms with E-state index in [2.05, 4.69) is 37.9 Å². The third kappa shape index (κ3) is 5.93. The van der Waals surface area contributed by atoms with E-state index in [-0.39, 0.29) is 5.92 Å². The second-order valence-electron chi connectivity index (χ2n) is 9.92. The van der Waals surface area contributed by atoms with Crippen LogP contribution in [-0.4, -0.2) is 61.9 Å². The van der Waals surface area contributed by atoms with E-state index in [1.54, 1.807) is 21.3 Å². The number of nitrogens with zero attached hydrogens (tertiary/aromatic N) is 3. The summed E-state index contributed by atoms with van der Waals surface area (Å²) in [5, 5.41) is 13.7. The zero-order valence-corrected chi connectivity index (χ0v) is 23.3. The topological polar surface area (TPSA) is 76.9 Å². The molecule has 8 heteroatoms. The Morgan fingerprint density at radius 3 is 2.31 bits per heavy atom. The van der Waals surface area contributed by atoms with Gasteiger partial charge in [-0.1, -0.05) is 28.8 Å². The molecule has 1 N–H and O–H groups in total. The average Bonchev–Trinajstić information content (AvgIpc) is 3.71. The molecule has 194 valence electrons. The first-order chi connectivity index (χ1) is 17.3. The molecule has 1 aliphatic rings. The number of halogens is 1. The van der Waals surface area contributed by atoms with Crippen LogP contribution in [0.4, 0.5) is 0 Å². The molecular weight excluding hydrogens is 522 g/mol. The van der Waals surface area contributed by atoms with Gasteiger partial charge in [0.1, 0.15) is 0 Å². The fourth-order valence-electron chi connectivity index (χ4n) is 4.87. The highest BCUT2D eigenvalue weighted by Crippen LogP contribution is 2.49. The van der Waals surface area contributed by atoms with Crippen LogP contribution >= 0.6 is 15.9 Å². The molecule has 0 spiro atoms. The summed E-state index contributed by atoms with van der Waals surface area (Å²) in [4.78, 5) is 11.3. The largest absolute Gasteiger partial charge is 0.481 e. The number of ether oxygens (including phenoxy) is 3. The van der Waals surface area contributed by atoms with Gasteiger partial charge in [0.15, 0.2) is 0 Å². The third-order valence-electron chi connectivity index (χ3n) is 7.11. The molecule has 3 aromatic rings. The number of fused-ring (bicyclic) bond motifs is 1. The van der Waals surface area contributed by atoms with Crippen molar-refractivity contribution in [2.75, 3.05) is 42.0 Å². The predicted octanol–water partition coefficient (Wildman–Crippen LogP) is 5.53. The summed E-state index contributed by atoms with van der Waals surface area (Å²) >= 11 is 3.59. The number of hydrogen-bond donors (Lipinski definition) is 1. The smallest absolute Gasteiger partial charge is 0.217 e. The summed E-state index contributed by atoms with van der Waals surface area (Å²) in [6, 6.07) is 11.8. The normalized spacial score (nSPS) is 16.1. The predicted molar refractivity (Wildman–Crippen MR) is 145 cm³/mol. The standard InChI is InChI=1S/C28H36BrN3O4/c1-32(2)13-12-28(33,20-16-25(34-3)31-26(17-20)35-4)23(10-8-18-6-7-18)22-15-19-14-21(29)9-11-24(19)30-27(22)36-5/h9,11,14-18,23,33H,6-8,10,12-13H2,1-5H3. The lowest BCUT2D eigenvalue weighted by Gasteiger charge is -2.39. The van der Waals surface area contributed by atoms with Crippen LogP contribution < -0.4 is 14.2 Å². The third-order valence-corrected chi connectivity index (χ3v) is 7.61. The molecule has 2 atom stereocenters. The lowest BCUT2D eigenvalue weighted by Crippen LogP contribution is -2.37. The van der Waals surface area contributed by atoms with Crippen LogP contribution in [0.5, 0.6) is 17.6 Å². The Kier molecular flexibility index (Phi) is 8.37. The number of rotatable bonds is 12. The van der Waals surface area contributed by atoms with E-state index >= 15 is 0 Å². The monoisotopic (exact) mass is 557 g/mol. The minimum absolute atomic E-state index is 0.263. The van der Waals surface area contributed by atoms with Crippen molar-refractivity contribution in [1.82, 2.24) is 14.9 Å². The van der Waals surface area contributed by atoms with E-state index in [4.69, 9.17) is 19.2 Å². The Labute approximate surface area is 221 Å². The first kappa shape index (κ1) is 26.6. The van der Waals surface area contributed by atoms with Gasteiger partial charge in [-0.3, -0.25) is 0 Å². The molecule has 0 amide bonds. The summed E-state index contributed by atoms with van der Waals surface area (Å²) in [7, 11) is 8.82. The fourth-order valence-corrected chi connectivity index (χ4v) is 5.25. The van der Waals surface area contributed by atoms with Gasteiger partial charge in [-0.25, -0.2) is 4.98 Å². The van der Waals surface area contributed by atoms with Crippen molar-refractivity contribution in [1.29, 1.82) is 0 Å². The van der Waals surface area contributed by atoms with E-state index in [0.717, 1.165) is 33.8 Å². The number of pyridine rings is 2. The van der Waals surface area contributed by atoms with Crippen molar-refractivity contribution in [2.45, 2.75) is 43.6 Å². The van der Waals surface area contributed by atoms with Crippen molar-refractivity contribution >= 4 is 26.8 Å². The van der Waals surface area contributed by atoms with Crippen LogP contribution in [0.2, 0.25) is 0 Å². The molecule has 0 bridgehead atoms. The Balaban J connectivity index is 1.92. The minimum Gasteiger partial charge on any atom is -0.481 e. The zero-order valence-electron chi connectivity index (χ0n) is 21.8. The number of aromatic nitrogens is 2. The number of methoxy groups -OCH3 is 3. The van der Waals surface area contributed by atoms with Gasteiger partial charge in [0.25, 0.3) is 0 Å². The second kappa shape index (κ2) is 11.3. The molecular formula is C28H36BrN3O4. The van der Waals surface area contributed by atoms with Gasteiger partial charge in [-0.2, -0.15) is 4.98 Å². The molecule has 0 saturated heterocycles. The summed E-state index contributed by atoms with van der Waals surface area (Å²) in [6.07, 6.45) is 4.85.